The zero-order valence-electron chi connectivity index (χ0n) is 13.7. The smallest absolute Gasteiger partial charge is 0.350 e. The minimum Gasteiger partial charge on any atom is -0.350 e. The summed E-state index contributed by atoms with van der Waals surface area (Å²) in [6, 6.07) is 1.08. The fraction of sp³-hybridized carbons (Fsp3) is 0.556. The highest BCUT2D eigenvalue weighted by Gasteiger charge is 2.41. The highest BCUT2D eigenvalue weighted by Crippen LogP contribution is 2.66. The molecule has 28 heavy (non-hydrogen) atoms. The minimum atomic E-state index is -5.61. The van der Waals surface area contributed by atoms with E-state index in [0.29, 0.717) is 0 Å². The van der Waals surface area contributed by atoms with Crippen molar-refractivity contribution in [3.05, 3.63) is 33.1 Å². The highest BCUT2D eigenvalue weighted by molar-refractivity contribution is 7.66. The molecule has 1 fully saturated rings. The van der Waals surface area contributed by atoms with Gasteiger partial charge in [-0.2, -0.15) is 8.62 Å². The van der Waals surface area contributed by atoms with Gasteiger partial charge in [-0.3, -0.25) is 18.9 Å². The van der Waals surface area contributed by atoms with Gasteiger partial charge in [-0.25, -0.2) is 18.5 Å². The Morgan fingerprint density at radius 2 is 1.79 bits per heavy atom. The van der Waals surface area contributed by atoms with Gasteiger partial charge in [0, 0.05) is 25.4 Å². The Morgan fingerprint density at radius 3 is 2.39 bits per heavy atom. The van der Waals surface area contributed by atoms with E-state index >= 15 is 0 Å². The van der Waals surface area contributed by atoms with Crippen molar-refractivity contribution in [1.82, 2.24) is 14.9 Å². The van der Waals surface area contributed by atoms with Crippen molar-refractivity contribution in [2.24, 2.45) is 0 Å². The first-order valence-electron chi connectivity index (χ1n) is 7.22. The Balaban J connectivity index is 1.97. The van der Waals surface area contributed by atoms with Gasteiger partial charge in [0.25, 0.3) is 5.56 Å². The fourth-order valence-electron chi connectivity index (χ4n) is 2.08. The van der Waals surface area contributed by atoms with Crippen LogP contribution >= 0.6 is 23.5 Å². The highest BCUT2D eigenvalue weighted by atomic mass is 31.3. The Hall–Kier alpha value is -0.990. The molecule has 0 radical (unpaired) electrons. The van der Waals surface area contributed by atoms with Gasteiger partial charge in [-0.15, -0.1) is 0 Å². The third-order valence-corrected chi connectivity index (χ3v) is 6.84. The van der Waals surface area contributed by atoms with Gasteiger partial charge < -0.3 is 29.6 Å². The van der Waals surface area contributed by atoms with E-state index < -0.39 is 53.7 Å². The number of phosphoric ester groups is 1. The molecule has 0 saturated carbocycles. The first-order chi connectivity index (χ1) is 12.8. The number of hydrogen-bond donors (Lipinski definition) is 6. The van der Waals surface area contributed by atoms with Gasteiger partial charge in [0.1, 0.15) is 0 Å². The number of H-pyrrole nitrogens is 1. The van der Waals surface area contributed by atoms with Crippen molar-refractivity contribution < 1.29 is 51.2 Å². The maximum absolute atomic E-state index is 11.8. The fourth-order valence-corrected chi connectivity index (χ4v) is 5.13. The van der Waals surface area contributed by atoms with Gasteiger partial charge in [0.2, 0.25) is 0 Å². The molecule has 19 heteroatoms. The molecule has 1 aromatic rings. The molecule has 16 nitrogen and oxygen atoms in total. The summed E-state index contributed by atoms with van der Waals surface area (Å²) in [5.41, 5.74) is -1.37. The van der Waals surface area contributed by atoms with Crippen LogP contribution in [0.5, 0.6) is 0 Å². The summed E-state index contributed by atoms with van der Waals surface area (Å²) in [6.45, 7) is -0.437. The lowest BCUT2D eigenvalue weighted by molar-refractivity contribution is -0.0955. The van der Waals surface area contributed by atoms with Crippen molar-refractivity contribution in [1.29, 1.82) is 0 Å². The number of rotatable bonds is 8. The van der Waals surface area contributed by atoms with Crippen molar-refractivity contribution >= 4 is 23.5 Å². The number of aromatic nitrogens is 2. The number of phosphoric acid groups is 3. The van der Waals surface area contributed by atoms with Crippen LogP contribution in [0.4, 0.5) is 0 Å². The molecule has 0 aromatic carbocycles. The number of morpholine rings is 1. The van der Waals surface area contributed by atoms with Gasteiger partial charge in [-0.05, 0) is 0 Å². The molecule has 1 aliphatic heterocycles. The third-order valence-electron chi connectivity index (χ3n) is 3.04. The predicted molar refractivity (Wildman–Crippen MR) is 87.9 cm³/mol. The van der Waals surface area contributed by atoms with Crippen molar-refractivity contribution in [2.45, 2.75) is 12.3 Å². The van der Waals surface area contributed by atoms with Gasteiger partial charge in [-0.1, -0.05) is 0 Å². The number of nitrogens with zero attached hydrogens (tertiary/aromatic N) is 1. The zero-order chi connectivity index (χ0) is 21.2. The minimum absolute atomic E-state index is 0.0877. The van der Waals surface area contributed by atoms with Crippen molar-refractivity contribution in [2.75, 3.05) is 19.7 Å². The van der Waals surface area contributed by atoms with E-state index in [1.54, 1.807) is 0 Å². The molecule has 4 atom stereocenters. The van der Waals surface area contributed by atoms with Crippen LogP contribution in [-0.4, -0.2) is 54.9 Å². The Morgan fingerprint density at radius 1 is 1.11 bits per heavy atom. The van der Waals surface area contributed by atoms with Crippen LogP contribution in [0, 0.1) is 0 Å². The molecule has 0 spiro atoms. The number of aromatic amines is 1. The van der Waals surface area contributed by atoms with E-state index in [0.717, 1.165) is 10.6 Å². The molecular formula is C9H16N3O13P3. The summed E-state index contributed by atoms with van der Waals surface area (Å²) in [5.74, 6) is 0. The summed E-state index contributed by atoms with van der Waals surface area (Å²) in [6.07, 6.45) is -0.673. The molecule has 160 valence electrons. The normalized spacial score (nSPS) is 25.0. The third kappa shape index (κ3) is 7.44. The molecule has 1 aromatic heterocycles. The molecule has 1 saturated heterocycles. The van der Waals surface area contributed by atoms with Crippen LogP contribution in [-0.2, 0) is 31.6 Å². The van der Waals surface area contributed by atoms with Gasteiger partial charge in [0.05, 0.1) is 12.7 Å². The SMILES string of the molecule is O=c1ccn([C@H]2CNC[C@@H](COP(=O)(O)OP(=O)(O)OP(=O)(O)O)O2)c(=O)[nH]1. The van der Waals surface area contributed by atoms with Crippen molar-refractivity contribution in [3.8, 4) is 0 Å². The summed E-state index contributed by atoms with van der Waals surface area (Å²) in [4.78, 5) is 60.2. The molecule has 0 bridgehead atoms. The second-order valence-corrected chi connectivity index (χ2v) is 9.70. The van der Waals surface area contributed by atoms with Crippen LogP contribution in [0.3, 0.4) is 0 Å². The van der Waals surface area contributed by atoms with Crippen LogP contribution < -0.4 is 16.6 Å². The standard InChI is InChI=1S/C9H16N3O13P3/c13-7-1-2-12(9(14)11-7)8-4-10-3-6(23-8)5-22-27(18,19)25-28(20,21)24-26(15,16)17/h1-2,6,8,10H,3-5H2,(H,18,19)(H,20,21)(H,11,13,14)(H2,15,16,17)/t6-,8+/m0/s1. The average Bonchev–Trinajstić information content (AvgIpc) is 2.50. The lowest BCUT2D eigenvalue weighted by atomic mass is 10.3. The second-order valence-electron chi connectivity index (χ2n) is 5.28. The lowest BCUT2D eigenvalue weighted by Gasteiger charge is -2.31. The van der Waals surface area contributed by atoms with E-state index in [4.69, 9.17) is 19.4 Å². The molecule has 2 heterocycles. The molecule has 2 unspecified atom stereocenters. The molecule has 0 aliphatic carbocycles. The topological polar surface area (TPSA) is 236 Å². The number of nitrogens with one attached hydrogen (secondary N) is 2. The monoisotopic (exact) mass is 467 g/mol. The predicted octanol–water partition coefficient (Wildman–Crippen LogP) is -1.63. The van der Waals surface area contributed by atoms with Gasteiger partial charge in [0.15, 0.2) is 6.23 Å². The van der Waals surface area contributed by atoms with E-state index in [1.165, 1.54) is 6.20 Å². The summed E-state index contributed by atoms with van der Waals surface area (Å²) in [7, 11) is -16.4. The maximum Gasteiger partial charge on any atom is 0.490 e. The van der Waals surface area contributed by atoms with E-state index in [2.05, 4.69) is 18.5 Å². The van der Waals surface area contributed by atoms with E-state index in [9.17, 15) is 28.2 Å². The summed E-state index contributed by atoms with van der Waals surface area (Å²) in [5, 5.41) is 2.84. The average molecular weight is 467 g/mol. The Bertz CT molecular complexity index is 952. The molecule has 1 aliphatic rings. The van der Waals surface area contributed by atoms with Gasteiger partial charge >= 0.3 is 29.2 Å². The maximum atomic E-state index is 11.8. The van der Waals surface area contributed by atoms with Crippen LogP contribution in [0.25, 0.3) is 0 Å². The Labute approximate surface area is 155 Å². The quantitative estimate of drug-likeness (QED) is 0.235. The van der Waals surface area contributed by atoms with Crippen molar-refractivity contribution in [3.63, 3.8) is 0 Å². The molecular weight excluding hydrogens is 451 g/mol. The van der Waals surface area contributed by atoms with Crippen LogP contribution in [0.2, 0.25) is 0 Å². The van der Waals surface area contributed by atoms with Crippen LogP contribution in [0.15, 0.2) is 21.9 Å². The molecule has 0 amide bonds. The zero-order valence-corrected chi connectivity index (χ0v) is 16.4. The molecule has 2 rings (SSSR count). The van der Waals surface area contributed by atoms with E-state index in [1.807, 2.05) is 4.98 Å². The van der Waals surface area contributed by atoms with E-state index in [-0.39, 0.29) is 13.1 Å². The summed E-state index contributed by atoms with van der Waals surface area (Å²) >= 11 is 0. The molecule has 6 N–H and O–H groups in total. The number of ether oxygens (including phenoxy) is 1. The first-order valence-corrected chi connectivity index (χ1v) is 11.7. The van der Waals surface area contributed by atoms with Crippen LogP contribution in [0.1, 0.15) is 6.23 Å². The first kappa shape index (κ1) is 23.3. The Kier molecular flexibility index (Phi) is 7.32. The summed E-state index contributed by atoms with van der Waals surface area (Å²) < 4.78 is 51.6. The lowest BCUT2D eigenvalue weighted by Crippen LogP contribution is -2.47. The number of hydrogen-bond acceptors (Lipinski definition) is 10. The largest absolute Gasteiger partial charge is 0.490 e. The second kappa shape index (κ2) is 8.79.